The Morgan fingerprint density at radius 1 is 1.12 bits per heavy atom. The van der Waals surface area contributed by atoms with E-state index < -0.39 is 10.0 Å². The molecule has 0 aliphatic carbocycles. The molecule has 0 unspecified atom stereocenters. The maximum atomic E-state index is 12.1. The van der Waals surface area contributed by atoms with E-state index in [2.05, 4.69) is 20.6 Å². The molecule has 2 heterocycles. The van der Waals surface area contributed by atoms with Gasteiger partial charge < -0.3 is 15.2 Å². The molecule has 2 aromatic carbocycles. The van der Waals surface area contributed by atoms with Crippen LogP contribution < -0.4 is 14.9 Å². The lowest BCUT2D eigenvalue weighted by Gasteiger charge is -2.21. The summed E-state index contributed by atoms with van der Waals surface area (Å²) in [6.45, 7) is 2.42. The van der Waals surface area contributed by atoms with Crippen LogP contribution in [0.5, 0.6) is 0 Å². The molecule has 0 saturated heterocycles. The second-order valence-electron chi connectivity index (χ2n) is 8.06. The van der Waals surface area contributed by atoms with Gasteiger partial charge in [-0.3, -0.25) is 9.10 Å². The SMILES string of the molecule is CNC(=O)c1ccc(Nc2ncc3ccn(Cc4cc(C)ccc4N(C)S(C)(=O)=O)c3n2)cc1. The Labute approximate surface area is 198 Å². The van der Waals surface area contributed by atoms with Crippen molar-refractivity contribution in [3.8, 4) is 0 Å². The van der Waals surface area contributed by atoms with Gasteiger partial charge in [0.15, 0.2) is 0 Å². The van der Waals surface area contributed by atoms with Gasteiger partial charge in [0.1, 0.15) is 5.65 Å². The van der Waals surface area contributed by atoms with Gasteiger partial charge in [0.25, 0.3) is 5.91 Å². The summed E-state index contributed by atoms with van der Waals surface area (Å²) in [5.74, 6) is 0.261. The fourth-order valence-electron chi connectivity index (χ4n) is 3.65. The molecule has 0 aliphatic rings. The summed E-state index contributed by atoms with van der Waals surface area (Å²) >= 11 is 0. The zero-order valence-corrected chi connectivity index (χ0v) is 20.2. The molecule has 0 spiro atoms. The summed E-state index contributed by atoms with van der Waals surface area (Å²) in [4.78, 5) is 20.8. The molecule has 0 aliphatic heterocycles. The highest BCUT2D eigenvalue weighted by Gasteiger charge is 2.17. The Bertz CT molecular complexity index is 1460. The van der Waals surface area contributed by atoms with E-state index in [1.165, 1.54) is 10.6 Å². The Hall–Kier alpha value is -3.92. The van der Waals surface area contributed by atoms with E-state index in [-0.39, 0.29) is 5.91 Å². The van der Waals surface area contributed by atoms with Crippen LogP contribution in [0, 0.1) is 6.92 Å². The van der Waals surface area contributed by atoms with Crippen LogP contribution in [-0.2, 0) is 16.6 Å². The van der Waals surface area contributed by atoms with Gasteiger partial charge in [0.2, 0.25) is 16.0 Å². The minimum Gasteiger partial charge on any atom is -0.355 e. The fourth-order valence-corrected chi connectivity index (χ4v) is 4.18. The van der Waals surface area contributed by atoms with Gasteiger partial charge in [-0.2, -0.15) is 4.98 Å². The van der Waals surface area contributed by atoms with E-state index >= 15 is 0 Å². The van der Waals surface area contributed by atoms with Crippen LogP contribution in [0.3, 0.4) is 0 Å². The molecule has 0 atom stereocenters. The Morgan fingerprint density at radius 2 is 1.85 bits per heavy atom. The molecule has 4 aromatic rings. The van der Waals surface area contributed by atoms with E-state index in [4.69, 9.17) is 0 Å². The normalized spacial score (nSPS) is 11.4. The fraction of sp³-hybridized carbons (Fsp3) is 0.208. The molecule has 176 valence electrons. The van der Waals surface area contributed by atoms with Crippen molar-refractivity contribution in [1.82, 2.24) is 19.9 Å². The molecule has 0 bridgehead atoms. The lowest BCUT2D eigenvalue weighted by molar-refractivity contribution is 0.0963. The van der Waals surface area contributed by atoms with Gasteiger partial charge in [0.05, 0.1) is 18.5 Å². The van der Waals surface area contributed by atoms with Crippen molar-refractivity contribution in [1.29, 1.82) is 0 Å². The van der Waals surface area contributed by atoms with E-state index in [0.717, 1.165) is 22.2 Å². The standard InChI is InChI=1S/C24H26N6O3S/c1-16-5-10-21(29(3)34(4,32)33)19(13-16)15-30-12-11-18-14-26-24(28-22(18)30)27-20-8-6-17(7-9-20)23(31)25-2/h5-14H,15H2,1-4H3,(H,25,31)(H,26,27,28). The number of fused-ring (bicyclic) bond motifs is 1. The van der Waals surface area contributed by atoms with Crippen molar-refractivity contribution in [2.45, 2.75) is 13.5 Å². The van der Waals surface area contributed by atoms with E-state index in [1.54, 1.807) is 44.6 Å². The number of benzene rings is 2. The summed E-state index contributed by atoms with van der Waals surface area (Å²) in [7, 11) is -0.259. The zero-order valence-electron chi connectivity index (χ0n) is 19.4. The van der Waals surface area contributed by atoms with Crippen molar-refractivity contribution in [3.05, 3.63) is 77.6 Å². The average Bonchev–Trinajstić information content (AvgIpc) is 3.20. The molecule has 2 N–H and O–H groups in total. The molecular weight excluding hydrogens is 452 g/mol. The van der Waals surface area contributed by atoms with Crippen molar-refractivity contribution < 1.29 is 13.2 Å². The number of sulfonamides is 1. The third-order valence-electron chi connectivity index (χ3n) is 5.54. The average molecular weight is 479 g/mol. The predicted molar refractivity (Wildman–Crippen MR) is 134 cm³/mol. The van der Waals surface area contributed by atoms with Gasteiger partial charge in [-0.1, -0.05) is 17.7 Å². The Morgan fingerprint density at radius 3 is 2.53 bits per heavy atom. The summed E-state index contributed by atoms with van der Waals surface area (Å²) in [6.07, 6.45) is 4.84. The highest BCUT2D eigenvalue weighted by Crippen LogP contribution is 2.26. The number of nitrogens with one attached hydrogen (secondary N) is 2. The number of aryl methyl sites for hydroxylation is 1. The molecule has 0 radical (unpaired) electrons. The van der Waals surface area contributed by atoms with Crippen LogP contribution >= 0.6 is 0 Å². The molecule has 9 nitrogen and oxygen atoms in total. The van der Waals surface area contributed by atoms with Gasteiger partial charge in [-0.15, -0.1) is 0 Å². The van der Waals surface area contributed by atoms with Crippen LogP contribution in [0.15, 0.2) is 60.9 Å². The van der Waals surface area contributed by atoms with Gasteiger partial charge in [-0.05, 0) is 48.9 Å². The van der Waals surface area contributed by atoms with Gasteiger partial charge in [0, 0.05) is 43.1 Å². The van der Waals surface area contributed by atoms with E-state index in [9.17, 15) is 13.2 Å². The first kappa shape index (κ1) is 23.2. The summed E-state index contributed by atoms with van der Waals surface area (Å²) in [5, 5.41) is 6.62. The maximum Gasteiger partial charge on any atom is 0.251 e. The number of aromatic nitrogens is 3. The summed E-state index contributed by atoms with van der Waals surface area (Å²) in [5.41, 5.74) is 4.55. The number of rotatable bonds is 7. The van der Waals surface area contributed by atoms with E-state index in [1.807, 2.05) is 42.0 Å². The second kappa shape index (κ2) is 9.14. The van der Waals surface area contributed by atoms with Crippen molar-refractivity contribution in [3.63, 3.8) is 0 Å². The molecule has 1 amide bonds. The number of carbonyl (C=O) groups is 1. The lowest BCUT2D eigenvalue weighted by Crippen LogP contribution is -2.26. The topological polar surface area (TPSA) is 109 Å². The number of hydrogen-bond acceptors (Lipinski definition) is 6. The first-order chi connectivity index (χ1) is 16.2. The number of anilines is 3. The van der Waals surface area contributed by atoms with Gasteiger partial charge >= 0.3 is 0 Å². The monoisotopic (exact) mass is 478 g/mol. The quantitative estimate of drug-likeness (QED) is 0.422. The van der Waals surface area contributed by atoms with Crippen LogP contribution in [0.1, 0.15) is 21.5 Å². The third-order valence-corrected chi connectivity index (χ3v) is 6.74. The Kier molecular flexibility index (Phi) is 6.25. The van der Waals surface area contributed by atoms with Gasteiger partial charge in [-0.25, -0.2) is 13.4 Å². The number of nitrogens with zero attached hydrogens (tertiary/aromatic N) is 4. The molecule has 0 saturated carbocycles. The molecule has 10 heteroatoms. The van der Waals surface area contributed by atoms with Crippen LogP contribution in [-0.4, -0.2) is 49.2 Å². The van der Waals surface area contributed by atoms with Crippen molar-refractivity contribution in [2.75, 3.05) is 30.0 Å². The minimum atomic E-state index is -3.40. The highest BCUT2D eigenvalue weighted by atomic mass is 32.2. The smallest absolute Gasteiger partial charge is 0.251 e. The Balaban J connectivity index is 1.64. The number of hydrogen-bond donors (Lipinski definition) is 2. The number of carbonyl (C=O) groups excluding carboxylic acids is 1. The maximum absolute atomic E-state index is 12.1. The summed E-state index contributed by atoms with van der Waals surface area (Å²) in [6, 6.07) is 14.6. The molecule has 4 rings (SSSR count). The minimum absolute atomic E-state index is 0.154. The largest absolute Gasteiger partial charge is 0.355 e. The van der Waals surface area contributed by atoms with Crippen molar-refractivity contribution >= 4 is 44.3 Å². The summed E-state index contributed by atoms with van der Waals surface area (Å²) < 4.78 is 27.5. The molecule has 0 fully saturated rings. The number of amides is 1. The van der Waals surface area contributed by atoms with Crippen LogP contribution in [0.4, 0.5) is 17.3 Å². The molecule has 2 aromatic heterocycles. The highest BCUT2D eigenvalue weighted by molar-refractivity contribution is 7.92. The second-order valence-corrected chi connectivity index (χ2v) is 10.1. The van der Waals surface area contributed by atoms with Crippen LogP contribution in [0.25, 0.3) is 11.0 Å². The molecular formula is C24H26N6O3S. The first-order valence-corrected chi connectivity index (χ1v) is 12.4. The zero-order chi connectivity index (χ0) is 24.5. The predicted octanol–water partition coefficient (Wildman–Crippen LogP) is 3.29. The third kappa shape index (κ3) is 4.86. The van der Waals surface area contributed by atoms with E-state index in [0.29, 0.717) is 29.4 Å². The lowest BCUT2D eigenvalue weighted by atomic mass is 10.1. The first-order valence-electron chi connectivity index (χ1n) is 10.6. The van der Waals surface area contributed by atoms with Crippen molar-refractivity contribution in [2.24, 2.45) is 0 Å². The molecule has 34 heavy (non-hydrogen) atoms. The van der Waals surface area contributed by atoms with Crippen LogP contribution in [0.2, 0.25) is 0 Å².